The number of hydrogen-bond acceptors (Lipinski definition) is 1. The zero-order chi connectivity index (χ0) is 10.6. The second-order valence-electron chi connectivity index (χ2n) is 4.30. The van der Waals surface area contributed by atoms with Crippen LogP contribution >= 0.6 is 0 Å². The van der Waals surface area contributed by atoms with Crippen LogP contribution in [0.2, 0.25) is 0 Å². The fourth-order valence-corrected chi connectivity index (χ4v) is 1.64. The van der Waals surface area contributed by atoms with Crippen LogP contribution in [0.1, 0.15) is 50.2 Å². The van der Waals surface area contributed by atoms with Crippen LogP contribution in [-0.4, -0.2) is 6.54 Å². The highest BCUT2D eigenvalue weighted by Crippen LogP contribution is 2.22. The van der Waals surface area contributed by atoms with Crippen molar-refractivity contribution in [3.63, 3.8) is 0 Å². The molecule has 1 aromatic carbocycles. The minimum absolute atomic E-state index is 0.582. The Morgan fingerprint density at radius 1 is 1.14 bits per heavy atom. The molecule has 0 saturated carbocycles. The van der Waals surface area contributed by atoms with E-state index in [9.17, 15) is 0 Å². The molecular weight excluding hydrogens is 170 g/mol. The molecule has 78 valence electrons. The molecule has 0 aromatic heterocycles. The van der Waals surface area contributed by atoms with E-state index in [4.69, 9.17) is 5.73 Å². The number of benzene rings is 1. The van der Waals surface area contributed by atoms with E-state index in [0.717, 1.165) is 13.0 Å². The normalized spacial score (nSPS) is 13.2. The summed E-state index contributed by atoms with van der Waals surface area (Å²) in [7, 11) is 0. The van der Waals surface area contributed by atoms with Crippen molar-refractivity contribution in [3.8, 4) is 0 Å². The molecule has 1 heteroatoms. The third kappa shape index (κ3) is 2.85. The number of rotatable bonds is 4. The van der Waals surface area contributed by atoms with Crippen molar-refractivity contribution >= 4 is 0 Å². The lowest BCUT2D eigenvalue weighted by Gasteiger charge is -2.13. The summed E-state index contributed by atoms with van der Waals surface area (Å²) in [5, 5.41) is 0. The van der Waals surface area contributed by atoms with Gasteiger partial charge in [-0.05, 0) is 35.9 Å². The molecule has 0 saturated heterocycles. The van der Waals surface area contributed by atoms with Crippen molar-refractivity contribution < 1.29 is 0 Å². The molecule has 1 aromatic rings. The van der Waals surface area contributed by atoms with Gasteiger partial charge in [0.1, 0.15) is 0 Å². The summed E-state index contributed by atoms with van der Waals surface area (Å²) >= 11 is 0. The van der Waals surface area contributed by atoms with Gasteiger partial charge in [0.2, 0.25) is 0 Å². The zero-order valence-corrected chi connectivity index (χ0v) is 9.46. The maximum atomic E-state index is 5.56. The molecule has 0 aliphatic carbocycles. The van der Waals surface area contributed by atoms with Crippen LogP contribution in [0, 0.1) is 0 Å². The quantitative estimate of drug-likeness (QED) is 0.776. The van der Waals surface area contributed by atoms with Gasteiger partial charge >= 0.3 is 0 Å². The standard InChI is InChI=1S/C13H21N/c1-10(2)12-5-4-6-13(9-12)11(3)7-8-14/h4-6,9-11H,7-8,14H2,1-3H3. The molecule has 0 spiro atoms. The van der Waals surface area contributed by atoms with Gasteiger partial charge in [-0.2, -0.15) is 0 Å². The Kier molecular flexibility index (Phi) is 4.15. The molecule has 1 rings (SSSR count). The molecule has 2 N–H and O–H groups in total. The summed E-state index contributed by atoms with van der Waals surface area (Å²) < 4.78 is 0. The van der Waals surface area contributed by atoms with E-state index in [1.807, 2.05) is 0 Å². The lowest BCUT2D eigenvalue weighted by Crippen LogP contribution is -2.04. The minimum Gasteiger partial charge on any atom is -0.330 e. The van der Waals surface area contributed by atoms with E-state index in [0.29, 0.717) is 11.8 Å². The Hall–Kier alpha value is -0.820. The van der Waals surface area contributed by atoms with E-state index in [-0.39, 0.29) is 0 Å². The van der Waals surface area contributed by atoms with Crippen molar-refractivity contribution in [2.75, 3.05) is 6.54 Å². The largest absolute Gasteiger partial charge is 0.330 e. The van der Waals surface area contributed by atoms with Crippen LogP contribution in [0.4, 0.5) is 0 Å². The summed E-state index contributed by atoms with van der Waals surface area (Å²) in [6.45, 7) is 7.47. The molecule has 1 unspecified atom stereocenters. The first-order chi connectivity index (χ1) is 6.65. The highest BCUT2D eigenvalue weighted by atomic mass is 14.5. The van der Waals surface area contributed by atoms with Crippen LogP contribution in [0.3, 0.4) is 0 Å². The van der Waals surface area contributed by atoms with Crippen LogP contribution in [0.15, 0.2) is 24.3 Å². The van der Waals surface area contributed by atoms with Crippen molar-refractivity contribution in [3.05, 3.63) is 35.4 Å². The summed E-state index contributed by atoms with van der Waals surface area (Å²) in [4.78, 5) is 0. The van der Waals surface area contributed by atoms with Gasteiger partial charge in [0.15, 0.2) is 0 Å². The summed E-state index contributed by atoms with van der Waals surface area (Å²) in [6.07, 6.45) is 1.07. The summed E-state index contributed by atoms with van der Waals surface area (Å²) in [5.74, 6) is 1.19. The van der Waals surface area contributed by atoms with Crippen molar-refractivity contribution in [2.24, 2.45) is 5.73 Å². The van der Waals surface area contributed by atoms with Gasteiger partial charge in [-0.3, -0.25) is 0 Å². The SMILES string of the molecule is CC(C)c1cccc(C(C)CCN)c1. The molecule has 0 aliphatic heterocycles. The average Bonchev–Trinajstić information content (AvgIpc) is 2.18. The Morgan fingerprint density at radius 2 is 1.79 bits per heavy atom. The third-order valence-corrected chi connectivity index (χ3v) is 2.75. The van der Waals surface area contributed by atoms with E-state index in [2.05, 4.69) is 45.0 Å². The molecular formula is C13H21N. The monoisotopic (exact) mass is 191 g/mol. The smallest absolute Gasteiger partial charge is 0.00715 e. The van der Waals surface area contributed by atoms with Gasteiger partial charge in [0.05, 0.1) is 0 Å². The van der Waals surface area contributed by atoms with E-state index >= 15 is 0 Å². The molecule has 0 bridgehead atoms. The zero-order valence-electron chi connectivity index (χ0n) is 9.46. The number of hydrogen-bond donors (Lipinski definition) is 1. The first kappa shape index (κ1) is 11.3. The van der Waals surface area contributed by atoms with E-state index in [1.165, 1.54) is 11.1 Å². The first-order valence-corrected chi connectivity index (χ1v) is 5.45. The van der Waals surface area contributed by atoms with Gasteiger partial charge < -0.3 is 5.73 Å². The first-order valence-electron chi connectivity index (χ1n) is 5.45. The second-order valence-corrected chi connectivity index (χ2v) is 4.30. The molecule has 0 radical (unpaired) electrons. The topological polar surface area (TPSA) is 26.0 Å². The van der Waals surface area contributed by atoms with Crippen molar-refractivity contribution in [2.45, 2.75) is 39.0 Å². The van der Waals surface area contributed by atoms with E-state index in [1.54, 1.807) is 0 Å². The molecule has 1 nitrogen and oxygen atoms in total. The van der Waals surface area contributed by atoms with Gasteiger partial charge in [0, 0.05) is 0 Å². The van der Waals surface area contributed by atoms with Gasteiger partial charge in [-0.25, -0.2) is 0 Å². The molecule has 0 aliphatic rings. The Labute approximate surface area is 87.3 Å². The van der Waals surface area contributed by atoms with Crippen LogP contribution in [-0.2, 0) is 0 Å². The average molecular weight is 191 g/mol. The van der Waals surface area contributed by atoms with Crippen molar-refractivity contribution in [1.29, 1.82) is 0 Å². The molecule has 0 heterocycles. The van der Waals surface area contributed by atoms with Gasteiger partial charge in [-0.1, -0.05) is 45.0 Å². The van der Waals surface area contributed by atoms with Gasteiger partial charge in [0.25, 0.3) is 0 Å². The second kappa shape index (κ2) is 5.16. The third-order valence-electron chi connectivity index (χ3n) is 2.75. The van der Waals surface area contributed by atoms with Crippen LogP contribution in [0.5, 0.6) is 0 Å². The van der Waals surface area contributed by atoms with E-state index < -0.39 is 0 Å². The van der Waals surface area contributed by atoms with Crippen molar-refractivity contribution in [1.82, 2.24) is 0 Å². The summed E-state index contributed by atoms with van der Waals surface area (Å²) in [5.41, 5.74) is 8.41. The molecule has 1 atom stereocenters. The lowest BCUT2D eigenvalue weighted by molar-refractivity contribution is 0.687. The molecule has 0 amide bonds. The maximum Gasteiger partial charge on any atom is -0.00715 e. The Balaban J connectivity index is 2.82. The maximum absolute atomic E-state index is 5.56. The Bertz CT molecular complexity index is 278. The highest BCUT2D eigenvalue weighted by Gasteiger charge is 2.06. The minimum atomic E-state index is 0.582. The van der Waals surface area contributed by atoms with Gasteiger partial charge in [-0.15, -0.1) is 0 Å². The van der Waals surface area contributed by atoms with Crippen LogP contribution in [0.25, 0.3) is 0 Å². The fourth-order valence-electron chi connectivity index (χ4n) is 1.64. The highest BCUT2D eigenvalue weighted by molar-refractivity contribution is 5.27. The lowest BCUT2D eigenvalue weighted by atomic mass is 9.93. The predicted octanol–water partition coefficient (Wildman–Crippen LogP) is 3.26. The summed E-state index contributed by atoms with van der Waals surface area (Å²) in [6, 6.07) is 8.86. The predicted molar refractivity (Wildman–Crippen MR) is 62.6 cm³/mol. The van der Waals surface area contributed by atoms with Crippen LogP contribution < -0.4 is 5.73 Å². The molecule has 14 heavy (non-hydrogen) atoms. The fraction of sp³-hybridized carbons (Fsp3) is 0.538. The Morgan fingerprint density at radius 3 is 2.36 bits per heavy atom. The number of nitrogens with two attached hydrogens (primary N) is 1. The molecule has 0 fully saturated rings.